The summed E-state index contributed by atoms with van der Waals surface area (Å²) in [6.07, 6.45) is 7.37. The molecule has 10 heteroatoms. The molecule has 2 fully saturated rings. The molecule has 2 aliphatic rings. The van der Waals surface area contributed by atoms with E-state index in [4.69, 9.17) is 21.1 Å². The molecule has 1 saturated heterocycles. The quantitative estimate of drug-likeness (QED) is 0.402. The number of rotatable bonds is 7. The lowest BCUT2D eigenvalue weighted by Crippen LogP contribution is -2.48. The van der Waals surface area contributed by atoms with E-state index in [-0.39, 0.29) is 28.6 Å². The van der Waals surface area contributed by atoms with Crippen LogP contribution in [0.3, 0.4) is 0 Å². The zero-order chi connectivity index (χ0) is 27.5. The van der Waals surface area contributed by atoms with Gasteiger partial charge in [0, 0.05) is 38.1 Å². The van der Waals surface area contributed by atoms with Crippen molar-refractivity contribution in [3.8, 4) is 11.5 Å². The Balaban J connectivity index is 1.29. The number of aromatic nitrogens is 2. The minimum atomic E-state index is -0.543. The average Bonchev–Trinajstić information content (AvgIpc) is 2.95. The first-order valence-electron chi connectivity index (χ1n) is 13.5. The number of methoxy groups -OCH3 is 1. The van der Waals surface area contributed by atoms with Crippen LogP contribution in [0.25, 0.3) is 10.9 Å². The maximum Gasteiger partial charge on any atom is 0.226 e. The second kappa shape index (κ2) is 11.9. The summed E-state index contributed by atoms with van der Waals surface area (Å²) < 4.78 is 26.7. The van der Waals surface area contributed by atoms with E-state index in [2.05, 4.69) is 20.2 Å². The second-order valence-electron chi connectivity index (χ2n) is 10.6. The number of ether oxygens (including phenoxy) is 2. The molecule has 1 saturated carbocycles. The Morgan fingerprint density at radius 2 is 1.92 bits per heavy atom. The van der Waals surface area contributed by atoms with Gasteiger partial charge >= 0.3 is 0 Å². The first-order valence-corrected chi connectivity index (χ1v) is 13.9. The van der Waals surface area contributed by atoms with E-state index in [9.17, 15) is 9.18 Å². The predicted octanol–water partition coefficient (Wildman–Crippen LogP) is 5.66. The molecule has 39 heavy (non-hydrogen) atoms. The van der Waals surface area contributed by atoms with Crippen molar-refractivity contribution >= 4 is 39.9 Å². The lowest BCUT2D eigenvalue weighted by atomic mass is 9.88. The SMILES string of the molecule is COc1cc2ncnc(Nc3cccc(Cl)c3F)c2cc1OC1CCC(N2CCC[C@@H](C(=O)N(C)C)C2)CC1. The molecular weight excluding hydrogens is 521 g/mol. The van der Waals surface area contributed by atoms with Crippen LogP contribution in [0.15, 0.2) is 36.7 Å². The number of carbonyl (C=O) groups excluding carboxylic acids is 1. The van der Waals surface area contributed by atoms with Gasteiger partial charge < -0.3 is 19.7 Å². The van der Waals surface area contributed by atoms with Gasteiger partial charge in [0.25, 0.3) is 0 Å². The largest absolute Gasteiger partial charge is 0.493 e. The Bertz CT molecular complexity index is 1330. The third-order valence-corrected chi connectivity index (χ3v) is 8.11. The minimum absolute atomic E-state index is 0.0315. The molecule has 1 atom stereocenters. The topological polar surface area (TPSA) is 79.8 Å². The molecule has 1 aliphatic carbocycles. The van der Waals surface area contributed by atoms with Crippen molar-refractivity contribution in [1.29, 1.82) is 0 Å². The van der Waals surface area contributed by atoms with E-state index < -0.39 is 5.82 Å². The van der Waals surface area contributed by atoms with Gasteiger partial charge in [0.2, 0.25) is 5.91 Å². The van der Waals surface area contributed by atoms with Gasteiger partial charge in [-0.2, -0.15) is 0 Å². The van der Waals surface area contributed by atoms with E-state index >= 15 is 0 Å². The smallest absolute Gasteiger partial charge is 0.226 e. The van der Waals surface area contributed by atoms with E-state index in [1.54, 1.807) is 24.1 Å². The van der Waals surface area contributed by atoms with Crippen LogP contribution < -0.4 is 14.8 Å². The van der Waals surface area contributed by atoms with Crippen LogP contribution in [0, 0.1) is 11.7 Å². The zero-order valence-electron chi connectivity index (χ0n) is 22.6. The van der Waals surface area contributed by atoms with Crippen molar-refractivity contribution in [2.24, 2.45) is 5.92 Å². The van der Waals surface area contributed by atoms with Crippen LogP contribution >= 0.6 is 11.6 Å². The summed E-state index contributed by atoms with van der Waals surface area (Å²) in [4.78, 5) is 25.5. The normalized spacial score (nSPS) is 21.9. The molecule has 0 bridgehead atoms. The summed E-state index contributed by atoms with van der Waals surface area (Å²) in [5.74, 6) is 1.42. The Morgan fingerprint density at radius 3 is 2.67 bits per heavy atom. The van der Waals surface area contributed by atoms with Crippen molar-refractivity contribution in [2.75, 3.05) is 39.6 Å². The van der Waals surface area contributed by atoms with E-state index in [0.717, 1.165) is 51.6 Å². The number of fused-ring (bicyclic) bond motifs is 1. The highest BCUT2D eigenvalue weighted by Gasteiger charge is 2.33. The average molecular weight is 556 g/mol. The minimum Gasteiger partial charge on any atom is -0.493 e. The molecule has 0 radical (unpaired) electrons. The van der Waals surface area contributed by atoms with Gasteiger partial charge in [0.05, 0.1) is 35.4 Å². The predicted molar refractivity (Wildman–Crippen MR) is 150 cm³/mol. The molecular formula is C29H35ClFN5O3. The molecule has 1 aliphatic heterocycles. The Kier molecular flexibility index (Phi) is 8.37. The molecule has 2 aromatic carbocycles. The number of nitrogens with zero attached hydrogens (tertiary/aromatic N) is 4. The highest BCUT2D eigenvalue weighted by molar-refractivity contribution is 6.31. The molecule has 0 unspecified atom stereocenters. The van der Waals surface area contributed by atoms with Gasteiger partial charge in [-0.3, -0.25) is 9.69 Å². The molecule has 2 heterocycles. The molecule has 3 aromatic rings. The number of benzene rings is 2. The van der Waals surface area contributed by atoms with Gasteiger partial charge in [-0.05, 0) is 63.3 Å². The van der Waals surface area contributed by atoms with Gasteiger partial charge in [-0.15, -0.1) is 0 Å². The highest BCUT2D eigenvalue weighted by Crippen LogP contribution is 2.38. The van der Waals surface area contributed by atoms with E-state index in [1.807, 2.05) is 26.2 Å². The van der Waals surface area contributed by atoms with Crippen LogP contribution in [-0.2, 0) is 4.79 Å². The lowest BCUT2D eigenvalue weighted by molar-refractivity contribution is -0.135. The maximum atomic E-state index is 14.6. The van der Waals surface area contributed by atoms with Gasteiger partial charge in [-0.1, -0.05) is 17.7 Å². The summed E-state index contributed by atoms with van der Waals surface area (Å²) in [7, 11) is 5.28. The van der Waals surface area contributed by atoms with E-state index in [1.165, 1.54) is 12.4 Å². The summed E-state index contributed by atoms with van der Waals surface area (Å²) in [6.45, 7) is 1.89. The molecule has 0 spiro atoms. The first kappa shape index (κ1) is 27.4. The number of nitrogens with one attached hydrogen (secondary N) is 1. The van der Waals surface area contributed by atoms with Gasteiger partial charge in [0.15, 0.2) is 17.3 Å². The first-order chi connectivity index (χ1) is 18.8. The number of anilines is 2. The Morgan fingerprint density at radius 1 is 1.13 bits per heavy atom. The van der Waals surface area contributed by atoms with Crippen molar-refractivity contribution in [3.05, 3.63) is 47.5 Å². The van der Waals surface area contributed by atoms with E-state index in [0.29, 0.717) is 34.3 Å². The fourth-order valence-electron chi connectivity index (χ4n) is 5.76. The molecule has 8 nitrogen and oxygen atoms in total. The zero-order valence-corrected chi connectivity index (χ0v) is 23.4. The number of piperidine rings is 1. The lowest BCUT2D eigenvalue weighted by Gasteiger charge is -2.41. The molecule has 5 rings (SSSR count). The number of hydrogen-bond acceptors (Lipinski definition) is 7. The van der Waals surface area contributed by atoms with Crippen LogP contribution in [0.4, 0.5) is 15.9 Å². The molecule has 208 valence electrons. The van der Waals surface area contributed by atoms with Gasteiger partial charge in [-0.25, -0.2) is 14.4 Å². The summed E-state index contributed by atoms with van der Waals surface area (Å²) >= 11 is 5.96. The van der Waals surface area contributed by atoms with Crippen molar-refractivity contribution in [1.82, 2.24) is 19.8 Å². The monoisotopic (exact) mass is 555 g/mol. The summed E-state index contributed by atoms with van der Waals surface area (Å²) in [5.41, 5.74) is 0.876. The standard InChI is InChI=1S/C29H35ClFN5O3/c1-35(2)29(37)18-6-5-13-36(16-18)19-9-11-20(12-10-19)39-26-14-21-24(15-25(26)38-3)32-17-33-28(21)34-23-8-4-7-22(30)27(23)31/h4,7-8,14-15,17-20H,5-6,9-13,16H2,1-3H3,(H,32,33,34)/t18-,19?,20?/m1/s1. The number of amides is 1. The second-order valence-corrected chi connectivity index (χ2v) is 11.0. The van der Waals surface area contributed by atoms with Crippen LogP contribution in [0.2, 0.25) is 5.02 Å². The van der Waals surface area contributed by atoms with Crippen LogP contribution in [0.5, 0.6) is 11.5 Å². The number of hydrogen-bond donors (Lipinski definition) is 1. The summed E-state index contributed by atoms with van der Waals surface area (Å²) in [6, 6.07) is 8.92. The van der Waals surface area contributed by atoms with Gasteiger partial charge in [0.1, 0.15) is 12.1 Å². The van der Waals surface area contributed by atoms with Crippen molar-refractivity contribution in [2.45, 2.75) is 50.7 Å². The third-order valence-electron chi connectivity index (χ3n) is 7.82. The molecule has 1 amide bonds. The highest BCUT2D eigenvalue weighted by atomic mass is 35.5. The number of likely N-dealkylation sites (tertiary alicyclic amines) is 1. The number of halogens is 2. The molecule has 1 aromatic heterocycles. The number of carbonyl (C=O) groups is 1. The summed E-state index contributed by atoms with van der Waals surface area (Å²) in [5, 5.41) is 3.76. The third kappa shape index (κ3) is 6.04. The Hall–Kier alpha value is -3.17. The van der Waals surface area contributed by atoms with Crippen LogP contribution in [0.1, 0.15) is 38.5 Å². The fourth-order valence-corrected chi connectivity index (χ4v) is 5.93. The molecule has 1 N–H and O–H groups in total. The van der Waals surface area contributed by atoms with Crippen molar-refractivity contribution in [3.63, 3.8) is 0 Å². The fraction of sp³-hybridized carbons (Fsp3) is 0.483. The van der Waals surface area contributed by atoms with Crippen LogP contribution in [-0.4, -0.2) is 72.1 Å². The van der Waals surface area contributed by atoms with Crippen molar-refractivity contribution < 1.29 is 18.7 Å². The maximum absolute atomic E-state index is 14.6. The Labute approximate surface area is 233 Å².